The number of hydrogen-bond acceptors (Lipinski definition) is 2. The summed E-state index contributed by atoms with van der Waals surface area (Å²) in [5, 5.41) is 11.8. The Hall–Kier alpha value is -1.79. The van der Waals surface area contributed by atoms with Gasteiger partial charge in [-0.05, 0) is 24.6 Å². The van der Waals surface area contributed by atoms with E-state index in [0.29, 0.717) is 12.1 Å². The summed E-state index contributed by atoms with van der Waals surface area (Å²) in [6, 6.07) is 6.74. The molecule has 3 heteroatoms. The van der Waals surface area contributed by atoms with Gasteiger partial charge in [-0.3, -0.25) is 5.32 Å². The van der Waals surface area contributed by atoms with E-state index in [-0.39, 0.29) is 6.04 Å². The van der Waals surface area contributed by atoms with Crippen LogP contribution in [0.15, 0.2) is 24.3 Å². The van der Waals surface area contributed by atoms with Crippen LogP contribution in [-0.2, 0) is 6.54 Å². The first-order valence-corrected chi connectivity index (χ1v) is 4.65. The third-order valence-corrected chi connectivity index (χ3v) is 2.06. The van der Waals surface area contributed by atoms with Gasteiger partial charge in [-0.25, -0.2) is 4.79 Å². The molecular weight excluding hydrogens is 190 g/mol. The molecule has 1 aromatic carbocycles. The van der Waals surface area contributed by atoms with Crippen molar-refractivity contribution < 1.29 is 9.90 Å². The molecule has 0 aromatic heterocycles. The molecule has 0 aliphatic heterocycles. The third kappa shape index (κ3) is 3.45. The van der Waals surface area contributed by atoms with Gasteiger partial charge in [0.2, 0.25) is 0 Å². The number of terminal acetylenes is 1. The zero-order chi connectivity index (χ0) is 11.3. The lowest BCUT2D eigenvalue weighted by atomic mass is 10.1. The van der Waals surface area contributed by atoms with E-state index in [4.69, 9.17) is 11.5 Å². The monoisotopic (exact) mass is 203 g/mol. The minimum absolute atomic E-state index is 0.0177. The molecule has 1 atom stereocenters. The van der Waals surface area contributed by atoms with Gasteiger partial charge in [0.1, 0.15) is 0 Å². The van der Waals surface area contributed by atoms with E-state index in [1.807, 2.05) is 6.92 Å². The minimum atomic E-state index is -0.911. The Morgan fingerprint density at radius 1 is 1.53 bits per heavy atom. The van der Waals surface area contributed by atoms with Crippen LogP contribution < -0.4 is 5.32 Å². The fourth-order valence-electron chi connectivity index (χ4n) is 1.10. The summed E-state index contributed by atoms with van der Waals surface area (Å²) < 4.78 is 0. The number of aromatic carboxylic acids is 1. The molecule has 1 aromatic rings. The van der Waals surface area contributed by atoms with E-state index in [9.17, 15) is 4.79 Å². The van der Waals surface area contributed by atoms with Crippen molar-refractivity contribution in [1.82, 2.24) is 5.32 Å². The van der Waals surface area contributed by atoms with Crippen LogP contribution in [0.1, 0.15) is 22.8 Å². The van der Waals surface area contributed by atoms with E-state index < -0.39 is 5.97 Å². The first-order valence-electron chi connectivity index (χ1n) is 4.65. The maximum absolute atomic E-state index is 10.6. The van der Waals surface area contributed by atoms with E-state index in [2.05, 4.69) is 11.2 Å². The predicted octanol–water partition coefficient (Wildman–Crippen LogP) is 1.50. The van der Waals surface area contributed by atoms with Crippen LogP contribution in [0.25, 0.3) is 0 Å². The first-order chi connectivity index (χ1) is 7.13. The van der Waals surface area contributed by atoms with Crippen LogP contribution in [0, 0.1) is 12.3 Å². The van der Waals surface area contributed by atoms with Crippen molar-refractivity contribution in [3.05, 3.63) is 35.4 Å². The number of carboxylic acid groups (broad SMARTS) is 1. The minimum Gasteiger partial charge on any atom is -0.478 e. The number of carbonyl (C=O) groups is 1. The number of hydrogen-bond donors (Lipinski definition) is 2. The van der Waals surface area contributed by atoms with Crippen LogP contribution in [0.3, 0.4) is 0 Å². The Labute approximate surface area is 89.1 Å². The first kappa shape index (κ1) is 11.3. The Morgan fingerprint density at radius 2 is 2.13 bits per heavy atom. The molecule has 3 nitrogen and oxygen atoms in total. The highest BCUT2D eigenvalue weighted by atomic mass is 16.4. The van der Waals surface area contributed by atoms with Gasteiger partial charge in [0, 0.05) is 6.54 Å². The largest absolute Gasteiger partial charge is 0.478 e. The van der Waals surface area contributed by atoms with Crippen molar-refractivity contribution in [2.24, 2.45) is 0 Å². The average molecular weight is 203 g/mol. The summed E-state index contributed by atoms with van der Waals surface area (Å²) in [5.41, 5.74) is 1.31. The van der Waals surface area contributed by atoms with Crippen molar-refractivity contribution in [2.45, 2.75) is 19.5 Å². The Kier molecular flexibility index (Phi) is 3.90. The molecule has 0 bridgehead atoms. The molecule has 0 saturated heterocycles. The molecule has 78 valence electrons. The van der Waals surface area contributed by atoms with Gasteiger partial charge >= 0.3 is 5.97 Å². The Balaban J connectivity index is 2.58. The molecule has 2 N–H and O–H groups in total. The second kappa shape index (κ2) is 5.18. The molecule has 1 rings (SSSR count). The Bertz CT molecular complexity index is 376. The van der Waals surface area contributed by atoms with Crippen LogP contribution in [-0.4, -0.2) is 17.1 Å². The molecule has 0 radical (unpaired) electrons. The van der Waals surface area contributed by atoms with Gasteiger partial charge in [0.25, 0.3) is 0 Å². The molecule has 0 aliphatic rings. The zero-order valence-electron chi connectivity index (χ0n) is 8.53. The van der Waals surface area contributed by atoms with Crippen molar-refractivity contribution >= 4 is 5.97 Å². The number of nitrogens with one attached hydrogen (secondary N) is 1. The molecule has 0 heterocycles. The van der Waals surface area contributed by atoms with Gasteiger partial charge in [-0.2, -0.15) is 0 Å². The van der Waals surface area contributed by atoms with Crippen LogP contribution in [0.4, 0.5) is 0 Å². The van der Waals surface area contributed by atoms with E-state index >= 15 is 0 Å². The zero-order valence-corrected chi connectivity index (χ0v) is 8.53. The van der Waals surface area contributed by atoms with Crippen LogP contribution in [0.5, 0.6) is 0 Å². The van der Waals surface area contributed by atoms with Gasteiger partial charge in [0.15, 0.2) is 0 Å². The number of rotatable bonds is 4. The maximum Gasteiger partial charge on any atom is 0.335 e. The highest BCUT2D eigenvalue weighted by Gasteiger charge is 2.02. The predicted molar refractivity (Wildman–Crippen MR) is 58.5 cm³/mol. The van der Waals surface area contributed by atoms with Gasteiger partial charge in [-0.15, -0.1) is 6.42 Å². The summed E-state index contributed by atoms with van der Waals surface area (Å²) in [7, 11) is 0. The molecule has 0 saturated carbocycles. The second-order valence-electron chi connectivity index (χ2n) is 3.27. The molecule has 1 unspecified atom stereocenters. The maximum atomic E-state index is 10.6. The molecule has 0 aliphatic carbocycles. The number of benzene rings is 1. The van der Waals surface area contributed by atoms with E-state index in [1.165, 1.54) is 0 Å². The number of carboxylic acids is 1. The quantitative estimate of drug-likeness (QED) is 0.729. The normalized spacial score (nSPS) is 11.7. The summed E-state index contributed by atoms with van der Waals surface area (Å²) in [6.07, 6.45) is 5.21. The smallest absolute Gasteiger partial charge is 0.335 e. The SMILES string of the molecule is C#CC(C)NCc1ccc(C(=O)O)cc1. The highest BCUT2D eigenvalue weighted by molar-refractivity contribution is 5.87. The molecule has 0 spiro atoms. The lowest BCUT2D eigenvalue weighted by Gasteiger charge is -2.07. The highest BCUT2D eigenvalue weighted by Crippen LogP contribution is 2.04. The molecule has 0 amide bonds. The van der Waals surface area contributed by atoms with Crippen molar-refractivity contribution in [3.63, 3.8) is 0 Å². The van der Waals surface area contributed by atoms with Crippen molar-refractivity contribution in [1.29, 1.82) is 0 Å². The second-order valence-corrected chi connectivity index (χ2v) is 3.27. The van der Waals surface area contributed by atoms with E-state index in [1.54, 1.807) is 24.3 Å². The Morgan fingerprint density at radius 3 is 2.60 bits per heavy atom. The average Bonchev–Trinajstić information content (AvgIpc) is 2.26. The van der Waals surface area contributed by atoms with Crippen LogP contribution in [0.2, 0.25) is 0 Å². The van der Waals surface area contributed by atoms with Crippen molar-refractivity contribution in [2.75, 3.05) is 0 Å². The van der Waals surface area contributed by atoms with Gasteiger partial charge in [-0.1, -0.05) is 18.1 Å². The molecule has 0 fully saturated rings. The lowest BCUT2D eigenvalue weighted by Crippen LogP contribution is -2.23. The molecule has 15 heavy (non-hydrogen) atoms. The topological polar surface area (TPSA) is 49.3 Å². The van der Waals surface area contributed by atoms with E-state index in [0.717, 1.165) is 5.56 Å². The fraction of sp³-hybridized carbons (Fsp3) is 0.250. The van der Waals surface area contributed by atoms with Gasteiger partial charge in [0.05, 0.1) is 11.6 Å². The lowest BCUT2D eigenvalue weighted by molar-refractivity contribution is 0.0697. The summed E-state index contributed by atoms with van der Waals surface area (Å²) in [5.74, 6) is 1.65. The third-order valence-electron chi connectivity index (χ3n) is 2.06. The van der Waals surface area contributed by atoms with Gasteiger partial charge < -0.3 is 5.11 Å². The summed E-state index contributed by atoms with van der Waals surface area (Å²) in [4.78, 5) is 10.6. The molecular formula is C12H13NO2. The summed E-state index contributed by atoms with van der Waals surface area (Å²) in [6.45, 7) is 2.54. The fourth-order valence-corrected chi connectivity index (χ4v) is 1.10. The van der Waals surface area contributed by atoms with Crippen molar-refractivity contribution in [3.8, 4) is 12.3 Å². The standard InChI is InChI=1S/C12H13NO2/c1-3-9(2)13-8-10-4-6-11(7-5-10)12(14)15/h1,4-7,9,13H,8H2,2H3,(H,14,15). The summed E-state index contributed by atoms with van der Waals surface area (Å²) >= 11 is 0. The van der Waals surface area contributed by atoms with Crippen LogP contribution >= 0.6 is 0 Å².